The van der Waals surface area contributed by atoms with E-state index in [1.807, 2.05) is 6.08 Å². The molecule has 1 aliphatic rings. The third-order valence-corrected chi connectivity index (χ3v) is 2.97. The lowest BCUT2D eigenvalue weighted by Crippen LogP contribution is -2.10. The van der Waals surface area contributed by atoms with Gasteiger partial charge in [0.05, 0.1) is 11.7 Å². The van der Waals surface area contributed by atoms with Crippen LogP contribution in [0.2, 0.25) is 0 Å². The van der Waals surface area contributed by atoms with Gasteiger partial charge in [0.1, 0.15) is 0 Å². The van der Waals surface area contributed by atoms with Crippen LogP contribution >= 0.6 is 0 Å². The normalized spacial score (nSPS) is 21.2. The Kier molecular flexibility index (Phi) is 3.24. The minimum Gasteiger partial charge on any atom is -0.393 e. The molecule has 0 bridgehead atoms. The molecule has 17 heavy (non-hydrogen) atoms. The average Bonchev–Trinajstić information content (AvgIpc) is 2.29. The second-order valence-corrected chi connectivity index (χ2v) is 4.23. The Morgan fingerprint density at radius 2 is 1.76 bits per heavy atom. The zero-order valence-electron chi connectivity index (χ0n) is 9.17. The molecule has 4 heteroatoms. The van der Waals surface area contributed by atoms with Crippen molar-refractivity contribution in [3.8, 4) is 0 Å². The monoisotopic (exact) mass is 242 g/mol. The lowest BCUT2D eigenvalue weighted by atomic mass is 9.92. The van der Waals surface area contributed by atoms with Crippen LogP contribution in [0, 0.1) is 0 Å². The van der Waals surface area contributed by atoms with E-state index in [1.165, 1.54) is 12.1 Å². The van der Waals surface area contributed by atoms with Crippen molar-refractivity contribution in [1.82, 2.24) is 0 Å². The van der Waals surface area contributed by atoms with Gasteiger partial charge in [-0.1, -0.05) is 18.2 Å². The molecule has 0 spiro atoms. The van der Waals surface area contributed by atoms with Crippen molar-refractivity contribution in [3.05, 3.63) is 41.5 Å². The van der Waals surface area contributed by atoms with Crippen LogP contribution < -0.4 is 0 Å². The van der Waals surface area contributed by atoms with Crippen molar-refractivity contribution in [1.29, 1.82) is 0 Å². The van der Waals surface area contributed by atoms with Crippen molar-refractivity contribution in [2.45, 2.75) is 31.5 Å². The summed E-state index contributed by atoms with van der Waals surface area (Å²) in [5.41, 5.74) is 1.20. The molecule has 0 aliphatic heterocycles. The lowest BCUT2D eigenvalue weighted by Gasteiger charge is -2.18. The summed E-state index contributed by atoms with van der Waals surface area (Å²) in [6.07, 6.45) is -0.726. The molecule has 1 aliphatic carbocycles. The van der Waals surface area contributed by atoms with E-state index >= 15 is 0 Å². The summed E-state index contributed by atoms with van der Waals surface area (Å²) in [6, 6.07) is 5.18. The van der Waals surface area contributed by atoms with Gasteiger partial charge in [0.15, 0.2) is 0 Å². The molecule has 0 saturated heterocycles. The summed E-state index contributed by atoms with van der Waals surface area (Å²) in [7, 11) is 0. The van der Waals surface area contributed by atoms with Crippen LogP contribution in [0.1, 0.15) is 30.4 Å². The van der Waals surface area contributed by atoms with Crippen LogP contribution in [-0.4, -0.2) is 11.2 Å². The van der Waals surface area contributed by atoms with Crippen LogP contribution in [0.3, 0.4) is 0 Å². The Morgan fingerprint density at radius 1 is 1.12 bits per heavy atom. The Bertz CT molecular complexity index is 417. The van der Waals surface area contributed by atoms with Gasteiger partial charge in [0.2, 0.25) is 0 Å². The number of benzene rings is 1. The molecule has 0 radical (unpaired) electrons. The zero-order valence-corrected chi connectivity index (χ0v) is 9.17. The number of aliphatic hydroxyl groups is 1. The lowest BCUT2D eigenvalue weighted by molar-refractivity contribution is -0.137. The topological polar surface area (TPSA) is 20.2 Å². The van der Waals surface area contributed by atoms with Crippen LogP contribution in [0.25, 0.3) is 5.57 Å². The maximum absolute atomic E-state index is 12.4. The van der Waals surface area contributed by atoms with Crippen LogP contribution in [0.15, 0.2) is 30.3 Å². The van der Waals surface area contributed by atoms with Crippen molar-refractivity contribution >= 4 is 5.57 Å². The van der Waals surface area contributed by atoms with Crippen molar-refractivity contribution < 1.29 is 18.3 Å². The maximum Gasteiger partial charge on any atom is 0.416 e. The Balaban J connectivity index is 2.19. The number of hydrogen-bond donors (Lipinski definition) is 1. The summed E-state index contributed by atoms with van der Waals surface area (Å²) in [5, 5.41) is 9.33. The van der Waals surface area contributed by atoms with Crippen molar-refractivity contribution in [2.24, 2.45) is 0 Å². The van der Waals surface area contributed by atoms with Gasteiger partial charge >= 0.3 is 6.18 Å². The molecule has 2 rings (SSSR count). The van der Waals surface area contributed by atoms with Gasteiger partial charge < -0.3 is 5.11 Å². The molecule has 0 heterocycles. The van der Waals surface area contributed by atoms with Gasteiger partial charge in [-0.05, 0) is 42.5 Å². The largest absolute Gasteiger partial charge is 0.416 e. The Morgan fingerprint density at radius 3 is 2.24 bits per heavy atom. The molecule has 1 N–H and O–H groups in total. The number of aliphatic hydroxyl groups excluding tert-OH is 1. The highest BCUT2D eigenvalue weighted by molar-refractivity contribution is 5.66. The van der Waals surface area contributed by atoms with E-state index in [2.05, 4.69) is 0 Å². The summed E-state index contributed by atoms with van der Waals surface area (Å²) in [6.45, 7) is 0. The third kappa shape index (κ3) is 2.88. The zero-order chi connectivity index (χ0) is 12.5. The number of allylic oxidation sites excluding steroid dienone is 1. The first-order valence-corrected chi connectivity index (χ1v) is 5.51. The molecule has 1 unspecified atom stereocenters. The smallest absolute Gasteiger partial charge is 0.393 e. The average molecular weight is 242 g/mol. The molecule has 0 fully saturated rings. The summed E-state index contributed by atoms with van der Waals surface area (Å²) in [4.78, 5) is 0. The van der Waals surface area contributed by atoms with E-state index in [0.29, 0.717) is 19.3 Å². The highest BCUT2D eigenvalue weighted by Gasteiger charge is 2.30. The van der Waals surface area contributed by atoms with Gasteiger partial charge in [0.25, 0.3) is 0 Å². The summed E-state index contributed by atoms with van der Waals surface area (Å²) in [5.74, 6) is 0. The number of hydrogen-bond acceptors (Lipinski definition) is 1. The standard InChI is InChI=1S/C13H13F3O/c14-13(15,16)11-5-1-9(2-6-11)10-3-7-12(17)8-4-10/h1-3,5-6,12,17H,4,7-8H2. The van der Waals surface area contributed by atoms with Gasteiger partial charge in [-0.3, -0.25) is 0 Å². The van der Waals surface area contributed by atoms with E-state index in [1.54, 1.807) is 0 Å². The first kappa shape index (κ1) is 12.2. The fourth-order valence-corrected chi connectivity index (χ4v) is 1.96. The first-order chi connectivity index (χ1) is 7.97. The van der Waals surface area contributed by atoms with Crippen molar-refractivity contribution in [3.63, 3.8) is 0 Å². The molecule has 0 aromatic heterocycles. The van der Waals surface area contributed by atoms with Crippen molar-refractivity contribution in [2.75, 3.05) is 0 Å². The van der Waals surface area contributed by atoms with E-state index < -0.39 is 11.7 Å². The van der Waals surface area contributed by atoms with E-state index in [-0.39, 0.29) is 6.10 Å². The van der Waals surface area contributed by atoms with E-state index in [9.17, 15) is 18.3 Å². The highest BCUT2D eigenvalue weighted by atomic mass is 19.4. The van der Waals surface area contributed by atoms with E-state index in [4.69, 9.17) is 0 Å². The molecular formula is C13H13F3O. The quantitative estimate of drug-likeness (QED) is 0.797. The van der Waals surface area contributed by atoms with Crippen LogP contribution in [0.4, 0.5) is 13.2 Å². The first-order valence-electron chi connectivity index (χ1n) is 5.51. The van der Waals surface area contributed by atoms with Gasteiger partial charge in [-0.15, -0.1) is 0 Å². The molecule has 0 saturated carbocycles. The number of rotatable bonds is 1. The third-order valence-electron chi connectivity index (χ3n) is 2.97. The number of halogens is 3. The highest BCUT2D eigenvalue weighted by Crippen LogP contribution is 2.32. The van der Waals surface area contributed by atoms with Gasteiger partial charge in [-0.25, -0.2) is 0 Å². The SMILES string of the molecule is OC1CC=C(c2ccc(C(F)(F)F)cc2)CC1. The molecule has 92 valence electrons. The molecule has 1 aromatic carbocycles. The summed E-state index contributed by atoms with van der Waals surface area (Å²) < 4.78 is 37.1. The predicted molar refractivity (Wildman–Crippen MR) is 59.3 cm³/mol. The Labute approximate surface area is 97.6 Å². The molecule has 0 amide bonds. The second kappa shape index (κ2) is 4.53. The van der Waals surface area contributed by atoms with Crippen LogP contribution in [-0.2, 0) is 6.18 Å². The van der Waals surface area contributed by atoms with Gasteiger partial charge in [0, 0.05) is 0 Å². The predicted octanol–water partition coefficient (Wildman–Crippen LogP) is 3.63. The maximum atomic E-state index is 12.4. The fourth-order valence-electron chi connectivity index (χ4n) is 1.96. The second-order valence-electron chi connectivity index (χ2n) is 4.23. The minimum absolute atomic E-state index is 0.312. The number of alkyl halides is 3. The summed E-state index contributed by atoms with van der Waals surface area (Å²) >= 11 is 0. The molecule has 1 aromatic rings. The fraction of sp³-hybridized carbons (Fsp3) is 0.385. The minimum atomic E-state index is -4.28. The molecule has 1 nitrogen and oxygen atoms in total. The Hall–Kier alpha value is -1.29. The van der Waals surface area contributed by atoms with Crippen LogP contribution in [0.5, 0.6) is 0 Å². The van der Waals surface area contributed by atoms with E-state index in [0.717, 1.165) is 23.3 Å². The van der Waals surface area contributed by atoms with Gasteiger partial charge in [-0.2, -0.15) is 13.2 Å². The molecule has 1 atom stereocenters. The molecular weight excluding hydrogens is 229 g/mol.